The summed E-state index contributed by atoms with van der Waals surface area (Å²) in [6.45, 7) is 3.97. The van der Waals surface area contributed by atoms with Gasteiger partial charge in [-0.05, 0) is 37.3 Å². The molecular formula is C13H19NOS. The van der Waals surface area contributed by atoms with Gasteiger partial charge in [0.05, 0.1) is 6.10 Å². The minimum absolute atomic E-state index is 0.352. The van der Waals surface area contributed by atoms with Crippen molar-refractivity contribution in [2.45, 2.75) is 36.9 Å². The molecule has 2 atom stereocenters. The van der Waals surface area contributed by atoms with E-state index in [0.717, 1.165) is 19.6 Å². The van der Waals surface area contributed by atoms with Gasteiger partial charge < -0.3 is 10.1 Å². The number of hydrogen-bond acceptors (Lipinski definition) is 3. The fourth-order valence-electron chi connectivity index (χ4n) is 1.99. The van der Waals surface area contributed by atoms with Crippen molar-refractivity contribution >= 4 is 11.8 Å². The first kappa shape index (κ1) is 12.0. The first-order valence-corrected chi connectivity index (χ1v) is 7.00. The summed E-state index contributed by atoms with van der Waals surface area (Å²) in [4.78, 5) is 1.32. The van der Waals surface area contributed by atoms with Crippen molar-refractivity contribution in [1.29, 1.82) is 0 Å². The van der Waals surface area contributed by atoms with E-state index in [1.165, 1.54) is 10.5 Å². The summed E-state index contributed by atoms with van der Waals surface area (Å²) < 4.78 is 5.52. The van der Waals surface area contributed by atoms with Crippen LogP contribution >= 0.6 is 11.8 Å². The Morgan fingerprint density at radius 2 is 2.12 bits per heavy atom. The molecule has 0 amide bonds. The SMILES string of the molecule is CSc1ccc(CNC2CCOC2C)cc1. The van der Waals surface area contributed by atoms with Gasteiger partial charge in [0, 0.05) is 24.1 Å². The predicted molar refractivity (Wildman–Crippen MR) is 68.9 cm³/mol. The van der Waals surface area contributed by atoms with Crippen molar-refractivity contribution in [3.8, 4) is 0 Å². The first-order chi connectivity index (χ1) is 7.79. The molecule has 0 bridgehead atoms. The molecule has 3 heteroatoms. The van der Waals surface area contributed by atoms with Crippen molar-refractivity contribution in [1.82, 2.24) is 5.32 Å². The fraction of sp³-hybridized carbons (Fsp3) is 0.538. The lowest BCUT2D eigenvalue weighted by Gasteiger charge is -2.16. The topological polar surface area (TPSA) is 21.3 Å². The monoisotopic (exact) mass is 237 g/mol. The van der Waals surface area contributed by atoms with Crippen LogP contribution in [0.3, 0.4) is 0 Å². The standard InChI is InChI=1S/C13H19NOS/c1-10-13(7-8-15-10)14-9-11-3-5-12(16-2)6-4-11/h3-6,10,13-14H,7-9H2,1-2H3. The van der Waals surface area contributed by atoms with E-state index in [2.05, 4.69) is 42.8 Å². The largest absolute Gasteiger partial charge is 0.377 e. The molecule has 0 aromatic heterocycles. The fourth-order valence-corrected chi connectivity index (χ4v) is 2.40. The molecule has 1 aromatic rings. The molecule has 1 aliphatic rings. The van der Waals surface area contributed by atoms with E-state index in [4.69, 9.17) is 4.74 Å². The molecule has 1 saturated heterocycles. The molecule has 2 unspecified atom stereocenters. The number of ether oxygens (including phenoxy) is 1. The lowest BCUT2D eigenvalue weighted by molar-refractivity contribution is 0.113. The van der Waals surface area contributed by atoms with Crippen molar-refractivity contribution in [2.24, 2.45) is 0 Å². The van der Waals surface area contributed by atoms with E-state index in [1.807, 2.05) is 0 Å². The highest BCUT2D eigenvalue weighted by Crippen LogP contribution is 2.16. The van der Waals surface area contributed by atoms with Crippen LogP contribution in [0.1, 0.15) is 18.9 Å². The number of nitrogens with one attached hydrogen (secondary N) is 1. The van der Waals surface area contributed by atoms with Gasteiger partial charge in [0.15, 0.2) is 0 Å². The number of hydrogen-bond donors (Lipinski definition) is 1. The van der Waals surface area contributed by atoms with Crippen molar-refractivity contribution < 1.29 is 4.74 Å². The summed E-state index contributed by atoms with van der Waals surface area (Å²) in [5.41, 5.74) is 1.34. The van der Waals surface area contributed by atoms with Gasteiger partial charge in [-0.15, -0.1) is 11.8 Å². The molecule has 1 aliphatic heterocycles. The minimum atomic E-state index is 0.352. The Morgan fingerprint density at radius 1 is 1.38 bits per heavy atom. The summed E-state index contributed by atoms with van der Waals surface area (Å²) >= 11 is 1.78. The molecule has 0 saturated carbocycles. The second-order valence-electron chi connectivity index (χ2n) is 4.20. The lowest BCUT2D eigenvalue weighted by atomic mass is 10.1. The van der Waals surface area contributed by atoms with Crippen LogP contribution < -0.4 is 5.32 Å². The lowest BCUT2D eigenvalue weighted by Crippen LogP contribution is -2.34. The molecule has 0 radical (unpaired) electrons. The zero-order chi connectivity index (χ0) is 11.4. The Balaban J connectivity index is 1.84. The zero-order valence-electron chi connectivity index (χ0n) is 9.90. The van der Waals surface area contributed by atoms with Gasteiger partial charge >= 0.3 is 0 Å². The van der Waals surface area contributed by atoms with Crippen molar-refractivity contribution in [3.05, 3.63) is 29.8 Å². The van der Waals surface area contributed by atoms with Crippen molar-refractivity contribution in [2.75, 3.05) is 12.9 Å². The van der Waals surface area contributed by atoms with Crippen LogP contribution in [0.2, 0.25) is 0 Å². The first-order valence-electron chi connectivity index (χ1n) is 5.77. The van der Waals surface area contributed by atoms with Crippen molar-refractivity contribution in [3.63, 3.8) is 0 Å². The normalized spacial score (nSPS) is 24.9. The average molecular weight is 237 g/mol. The van der Waals surface area contributed by atoms with Gasteiger partial charge in [-0.2, -0.15) is 0 Å². The van der Waals surface area contributed by atoms with E-state index < -0.39 is 0 Å². The number of benzene rings is 1. The quantitative estimate of drug-likeness (QED) is 0.814. The molecule has 1 N–H and O–H groups in total. The van der Waals surface area contributed by atoms with Gasteiger partial charge in [0.2, 0.25) is 0 Å². The maximum atomic E-state index is 5.52. The third kappa shape index (κ3) is 3.00. The number of thioether (sulfide) groups is 1. The van der Waals surface area contributed by atoms with E-state index in [1.54, 1.807) is 11.8 Å². The highest BCUT2D eigenvalue weighted by Gasteiger charge is 2.23. The number of rotatable bonds is 4. The smallest absolute Gasteiger partial charge is 0.0700 e. The van der Waals surface area contributed by atoms with Crippen LogP contribution in [0.4, 0.5) is 0 Å². The summed E-state index contributed by atoms with van der Waals surface area (Å²) in [5.74, 6) is 0. The summed E-state index contributed by atoms with van der Waals surface area (Å²) in [7, 11) is 0. The van der Waals surface area contributed by atoms with E-state index in [-0.39, 0.29) is 0 Å². The van der Waals surface area contributed by atoms with Crippen LogP contribution in [0.15, 0.2) is 29.2 Å². The molecule has 0 spiro atoms. The third-order valence-corrected chi connectivity index (χ3v) is 3.85. The highest BCUT2D eigenvalue weighted by atomic mass is 32.2. The van der Waals surface area contributed by atoms with Gasteiger partial charge in [-0.25, -0.2) is 0 Å². The molecule has 88 valence electrons. The predicted octanol–water partition coefficient (Wildman–Crippen LogP) is 2.68. The Bertz CT molecular complexity index is 325. The Morgan fingerprint density at radius 3 is 2.69 bits per heavy atom. The van der Waals surface area contributed by atoms with Crippen LogP contribution in [0.5, 0.6) is 0 Å². The Kier molecular flexibility index (Phi) is 4.27. The Hall–Kier alpha value is -0.510. The summed E-state index contributed by atoms with van der Waals surface area (Å²) in [6, 6.07) is 9.26. The van der Waals surface area contributed by atoms with Crippen LogP contribution in [0, 0.1) is 0 Å². The van der Waals surface area contributed by atoms with E-state index in [9.17, 15) is 0 Å². The second-order valence-corrected chi connectivity index (χ2v) is 5.08. The molecule has 1 fully saturated rings. The molecular weight excluding hydrogens is 218 g/mol. The Labute approximate surface area is 102 Å². The van der Waals surface area contributed by atoms with Crippen LogP contribution in [-0.4, -0.2) is 25.0 Å². The third-order valence-electron chi connectivity index (χ3n) is 3.10. The van der Waals surface area contributed by atoms with Crippen LogP contribution in [-0.2, 0) is 11.3 Å². The van der Waals surface area contributed by atoms with Gasteiger partial charge in [-0.3, -0.25) is 0 Å². The van der Waals surface area contributed by atoms with E-state index in [0.29, 0.717) is 12.1 Å². The molecule has 1 heterocycles. The maximum Gasteiger partial charge on any atom is 0.0700 e. The second kappa shape index (κ2) is 5.71. The molecule has 0 aliphatic carbocycles. The summed E-state index contributed by atoms with van der Waals surface area (Å²) in [6.07, 6.45) is 3.58. The molecule has 1 aromatic carbocycles. The van der Waals surface area contributed by atoms with Crippen LogP contribution in [0.25, 0.3) is 0 Å². The molecule has 16 heavy (non-hydrogen) atoms. The van der Waals surface area contributed by atoms with Gasteiger partial charge in [0.1, 0.15) is 0 Å². The van der Waals surface area contributed by atoms with Gasteiger partial charge in [-0.1, -0.05) is 12.1 Å². The van der Waals surface area contributed by atoms with Gasteiger partial charge in [0.25, 0.3) is 0 Å². The summed E-state index contributed by atoms with van der Waals surface area (Å²) in [5, 5.41) is 3.55. The van der Waals surface area contributed by atoms with E-state index >= 15 is 0 Å². The minimum Gasteiger partial charge on any atom is -0.377 e. The zero-order valence-corrected chi connectivity index (χ0v) is 10.7. The average Bonchev–Trinajstić information content (AvgIpc) is 2.73. The molecule has 2 nitrogen and oxygen atoms in total. The highest BCUT2D eigenvalue weighted by molar-refractivity contribution is 7.98. The maximum absolute atomic E-state index is 5.52. The molecule has 2 rings (SSSR count).